The number of anilines is 1. The normalized spacial score (nSPS) is 11.4. The highest BCUT2D eigenvalue weighted by atomic mass is 35.5. The van der Waals surface area contributed by atoms with E-state index in [1.54, 1.807) is 13.8 Å². The van der Waals surface area contributed by atoms with Gasteiger partial charge in [0, 0.05) is 0 Å². The molecule has 0 spiro atoms. The van der Waals surface area contributed by atoms with Gasteiger partial charge in [-0.3, -0.25) is 0 Å². The topological polar surface area (TPSA) is 38.9 Å². The van der Waals surface area contributed by atoms with Crippen molar-refractivity contribution in [3.63, 3.8) is 0 Å². The summed E-state index contributed by atoms with van der Waals surface area (Å²) in [5, 5.41) is -0.0174. The van der Waals surface area contributed by atoms with Gasteiger partial charge in [-0.25, -0.2) is 13.8 Å². The van der Waals surface area contributed by atoms with Crippen LogP contribution in [0.4, 0.5) is 14.6 Å². The second-order valence-electron chi connectivity index (χ2n) is 3.28. The first-order valence-corrected chi connectivity index (χ1v) is 4.55. The van der Waals surface area contributed by atoms with Gasteiger partial charge < -0.3 is 5.73 Å². The quantitative estimate of drug-likeness (QED) is 0.830. The molecule has 0 aliphatic rings. The number of aromatic nitrogens is 1. The molecule has 0 fully saturated rings. The molecule has 0 bridgehead atoms. The summed E-state index contributed by atoms with van der Waals surface area (Å²) in [4.78, 5) is 3.87. The predicted molar refractivity (Wildman–Crippen MR) is 52.7 cm³/mol. The lowest BCUT2D eigenvalue weighted by atomic mass is 10.0. The molecule has 1 aromatic rings. The van der Waals surface area contributed by atoms with Crippen LogP contribution in [0.15, 0.2) is 6.07 Å². The Morgan fingerprint density at radius 1 is 1.43 bits per heavy atom. The number of nitrogens with two attached hydrogens (primary N) is 1. The summed E-state index contributed by atoms with van der Waals surface area (Å²) in [5.74, 6) is 0.0445. The van der Waals surface area contributed by atoms with Gasteiger partial charge in [-0.05, 0) is 12.0 Å². The minimum Gasteiger partial charge on any atom is -0.384 e. The molecule has 0 amide bonds. The summed E-state index contributed by atoms with van der Waals surface area (Å²) in [6.07, 6.45) is -2.62. The van der Waals surface area contributed by atoms with Crippen molar-refractivity contribution in [3.05, 3.63) is 22.3 Å². The maximum Gasteiger partial charge on any atom is 0.267 e. The van der Waals surface area contributed by atoms with Gasteiger partial charge in [0.1, 0.15) is 5.82 Å². The highest BCUT2D eigenvalue weighted by molar-refractivity contribution is 6.31. The number of pyridine rings is 1. The zero-order chi connectivity index (χ0) is 10.9. The first-order valence-electron chi connectivity index (χ1n) is 4.17. The standard InChI is InChI=1S/C9H11ClF2N2/c1-4(2)8-7(9(11)12)5(10)3-6(13)14-8/h3-4,9H,1-2H3,(H2,13,14). The summed E-state index contributed by atoms with van der Waals surface area (Å²) in [7, 11) is 0. The Balaban J connectivity index is 3.37. The second kappa shape index (κ2) is 4.09. The van der Waals surface area contributed by atoms with Crippen molar-refractivity contribution in [1.29, 1.82) is 0 Å². The van der Waals surface area contributed by atoms with Crippen molar-refractivity contribution < 1.29 is 8.78 Å². The molecule has 0 aliphatic carbocycles. The zero-order valence-electron chi connectivity index (χ0n) is 7.89. The fourth-order valence-electron chi connectivity index (χ4n) is 1.22. The lowest BCUT2D eigenvalue weighted by molar-refractivity contribution is 0.149. The molecule has 2 nitrogen and oxygen atoms in total. The van der Waals surface area contributed by atoms with Crippen LogP contribution in [0.3, 0.4) is 0 Å². The second-order valence-corrected chi connectivity index (χ2v) is 3.69. The molecule has 5 heteroatoms. The molecule has 0 radical (unpaired) electrons. The van der Waals surface area contributed by atoms with E-state index in [1.807, 2.05) is 0 Å². The Kier molecular flexibility index (Phi) is 3.26. The van der Waals surface area contributed by atoms with Crippen LogP contribution in [0.2, 0.25) is 5.02 Å². The van der Waals surface area contributed by atoms with E-state index in [4.69, 9.17) is 17.3 Å². The van der Waals surface area contributed by atoms with Crippen LogP contribution < -0.4 is 5.73 Å². The molecular formula is C9H11ClF2N2. The van der Waals surface area contributed by atoms with E-state index in [0.29, 0.717) is 0 Å². The molecule has 1 heterocycles. The van der Waals surface area contributed by atoms with Crippen molar-refractivity contribution >= 4 is 17.4 Å². The van der Waals surface area contributed by atoms with E-state index < -0.39 is 6.43 Å². The van der Waals surface area contributed by atoms with E-state index in [2.05, 4.69) is 4.98 Å². The molecule has 0 saturated heterocycles. The van der Waals surface area contributed by atoms with E-state index >= 15 is 0 Å². The number of hydrogen-bond donors (Lipinski definition) is 1. The first kappa shape index (κ1) is 11.2. The smallest absolute Gasteiger partial charge is 0.267 e. The lowest BCUT2D eigenvalue weighted by Gasteiger charge is -2.13. The number of halogens is 3. The van der Waals surface area contributed by atoms with Gasteiger partial charge in [0.25, 0.3) is 6.43 Å². The Morgan fingerprint density at radius 2 is 2.00 bits per heavy atom. The molecule has 14 heavy (non-hydrogen) atoms. The number of nitrogens with zero attached hydrogens (tertiary/aromatic N) is 1. The van der Waals surface area contributed by atoms with Crippen LogP contribution in [0.5, 0.6) is 0 Å². The molecule has 0 aliphatic heterocycles. The van der Waals surface area contributed by atoms with Crippen molar-refractivity contribution in [2.75, 3.05) is 5.73 Å². The highest BCUT2D eigenvalue weighted by Gasteiger charge is 2.20. The molecule has 0 atom stereocenters. The minimum atomic E-state index is -2.62. The van der Waals surface area contributed by atoms with E-state index in [0.717, 1.165) is 0 Å². The van der Waals surface area contributed by atoms with Gasteiger partial charge in [-0.15, -0.1) is 0 Å². The van der Waals surface area contributed by atoms with Crippen molar-refractivity contribution in [1.82, 2.24) is 4.98 Å². The third-order valence-corrected chi connectivity index (χ3v) is 2.14. The monoisotopic (exact) mass is 220 g/mol. The fraction of sp³-hybridized carbons (Fsp3) is 0.444. The lowest BCUT2D eigenvalue weighted by Crippen LogP contribution is -2.04. The average molecular weight is 221 g/mol. The molecule has 1 aromatic heterocycles. The average Bonchev–Trinajstić information content (AvgIpc) is 2.01. The van der Waals surface area contributed by atoms with Crippen molar-refractivity contribution in [2.24, 2.45) is 0 Å². The molecular weight excluding hydrogens is 210 g/mol. The van der Waals surface area contributed by atoms with Gasteiger partial charge in [-0.2, -0.15) is 0 Å². The SMILES string of the molecule is CC(C)c1nc(N)cc(Cl)c1C(F)F. The zero-order valence-corrected chi connectivity index (χ0v) is 8.65. The van der Waals surface area contributed by atoms with Gasteiger partial charge in [0.15, 0.2) is 0 Å². The van der Waals surface area contributed by atoms with Crippen LogP contribution in [-0.2, 0) is 0 Å². The van der Waals surface area contributed by atoms with E-state index in [1.165, 1.54) is 6.07 Å². The Bertz CT molecular complexity index is 340. The maximum atomic E-state index is 12.6. The summed E-state index contributed by atoms with van der Waals surface area (Å²) in [6.45, 7) is 3.54. The predicted octanol–water partition coefficient (Wildman–Crippen LogP) is 3.38. The molecule has 0 unspecified atom stereocenters. The van der Waals surface area contributed by atoms with Crippen LogP contribution in [0, 0.1) is 0 Å². The Labute approximate surface area is 86.1 Å². The minimum absolute atomic E-state index is 0.0174. The molecule has 0 saturated carbocycles. The van der Waals surface area contributed by atoms with Gasteiger partial charge in [0.2, 0.25) is 0 Å². The summed E-state index contributed by atoms with van der Waals surface area (Å²) < 4.78 is 25.2. The largest absolute Gasteiger partial charge is 0.384 e. The van der Waals surface area contributed by atoms with Gasteiger partial charge >= 0.3 is 0 Å². The molecule has 0 aromatic carbocycles. The van der Waals surface area contributed by atoms with Crippen LogP contribution in [-0.4, -0.2) is 4.98 Å². The Morgan fingerprint density at radius 3 is 2.43 bits per heavy atom. The van der Waals surface area contributed by atoms with Crippen molar-refractivity contribution in [3.8, 4) is 0 Å². The van der Waals surface area contributed by atoms with Crippen LogP contribution >= 0.6 is 11.6 Å². The van der Waals surface area contributed by atoms with E-state index in [9.17, 15) is 8.78 Å². The summed E-state index contributed by atoms with van der Waals surface area (Å²) in [5.41, 5.74) is 5.48. The highest BCUT2D eigenvalue weighted by Crippen LogP contribution is 2.33. The third-order valence-electron chi connectivity index (χ3n) is 1.82. The number of alkyl halides is 2. The molecule has 1 rings (SSSR count). The van der Waals surface area contributed by atoms with Gasteiger partial charge in [0.05, 0.1) is 16.3 Å². The molecule has 78 valence electrons. The van der Waals surface area contributed by atoms with Crippen LogP contribution in [0.25, 0.3) is 0 Å². The number of hydrogen-bond acceptors (Lipinski definition) is 2. The number of nitrogen functional groups attached to an aromatic ring is 1. The van der Waals surface area contributed by atoms with Crippen molar-refractivity contribution in [2.45, 2.75) is 26.2 Å². The number of rotatable bonds is 2. The summed E-state index contributed by atoms with van der Waals surface area (Å²) >= 11 is 5.67. The van der Waals surface area contributed by atoms with Crippen LogP contribution in [0.1, 0.15) is 37.4 Å². The first-order chi connectivity index (χ1) is 6.43. The fourth-order valence-corrected chi connectivity index (χ4v) is 1.51. The van der Waals surface area contributed by atoms with E-state index in [-0.39, 0.29) is 28.0 Å². The Hall–Kier alpha value is -0.900. The van der Waals surface area contributed by atoms with Gasteiger partial charge in [-0.1, -0.05) is 25.4 Å². The molecule has 2 N–H and O–H groups in total. The summed E-state index contributed by atoms with van der Waals surface area (Å²) in [6, 6.07) is 1.24. The maximum absolute atomic E-state index is 12.6. The third kappa shape index (κ3) is 2.12.